The van der Waals surface area contributed by atoms with Gasteiger partial charge < -0.3 is 5.73 Å². The molecule has 0 heterocycles. The van der Waals surface area contributed by atoms with E-state index in [1.165, 1.54) is 19.7 Å². The Balaban J connectivity index is -0.0000000138. The Morgan fingerprint density at radius 2 is 0.919 bits per heavy atom. The van der Waals surface area contributed by atoms with Gasteiger partial charge in [-0.2, -0.15) is 26.7 Å². The number of hydrazine groups is 2. The van der Waals surface area contributed by atoms with Gasteiger partial charge in [0.05, 0.1) is 29.9 Å². The first-order chi connectivity index (χ1) is 13.6. The molecule has 0 aromatic heterocycles. The third-order valence-corrected chi connectivity index (χ3v) is 1.65. The second-order valence-electron chi connectivity index (χ2n) is 4.26. The van der Waals surface area contributed by atoms with E-state index in [0.29, 0.717) is 9.74 Å². The first kappa shape index (κ1) is 91.8. The van der Waals surface area contributed by atoms with Crippen molar-refractivity contribution in [3.05, 3.63) is 27.2 Å². The fraction of sp³-hybridized carbons (Fsp3) is 0.769. The number of nitrogens with zero attached hydrogens (tertiary/aromatic N) is 6. The van der Waals surface area contributed by atoms with Crippen LogP contribution in [0.1, 0.15) is 86.6 Å². The normalized spacial score (nSPS) is 5.00. The van der Waals surface area contributed by atoms with Crippen LogP contribution in [0.3, 0.4) is 0 Å². The maximum atomic E-state index is 9.62. The van der Waals surface area contributed by atoms with Gasteiger partial charge in [0, 0.05) is 60.9 Å². The largest absolute Gasteiger partial charge is 0.333 e. The zero-order valence-electron chi connectivity index (χ0n) is 21.1. The van der Waals surface area contributed by atoms with Crippen LogP contribution in [0.2, 0.25) is 0 Å². The van der Waals surface area contributed by atoms with E-state index in [4.69, 9.17) is 0 Å². The molecule has 0 rings (SSSR count). The summed E-state index contributed by atoms with van der Waals surface area (Å²) in [6.45, 7) is 9.47. The van der Waals surface area contributed by atoms with Crippen molar-refractivity contribution in [3.8, 4) is 11.8 Å². The average Bonchev–Trinajstić information content (AvgIpc) is 2.70. The number of hydrogen-bond donors (Lipinski definition) is 2. The third-order valence-electron chi connectivity index (χ3n) is 1.65. The summed E-state index contributed by atoms with van der Waals surface area (Å²) in [5.74, 6) is 5.36. The molecule has 0 spiro atoms. The minimum Gasteiger partial charge on any atom is -0.333 e. The molecule has 1 radical (unpaired) electrons. The Hall–Kier alpha value is -2.04. The molecule has 0 atom stereocenters. The second-order valence-corrected chi connectivity index (χ2v) is 4.26. The van der Waals surface area contributed by atoms with E-state index in [9.17, 15) is 9.81 Å². The van der Waals surface area contributed by atoms with Crippen LogP contribution in [0, 0.1) is 27.7 Å². The van der Waals surface area contributed by atoms with Crippen LogP contribution in [0.15, 0.2) is 31.5 Å². The minimum atomic E-state index is 0. The molecule has 0 aliphatic rings. The van der Waals surface area contributed by atoms with E-state index >= 15 is 0 Å². The Bertz CT molecular complexity index is 537. The monoisotopic (exact) mass is 614 g/mol. The van der Waals surface area contributed by atoms with Crippen molar-refractivity contribution in [3.63, 3.8) is 0 Å². The van der Waals surface area contributed by atoms with Crippen LogP contribution in [-0.4, -0.2) is 72.1 Å². The molecule has 0 aromatic carbocycles. The molecule has 0 fully saturated rings. The van der Waals surface area contributed by atoms with Crippen LogP contribution >= 0.6 is 0 Å². The molecule has 37 heavy (non-hydrogen) atoms. The molecule has 0 bridgehead atoms. The van der Waals surface area contributed by atoms with Crippen molar-refractivity contribution in [2.75, 3.05) is 56.4 Å². The Morgan fingerprint density at radius 3 is 0.919 bits per heavy atom. The maximum Gasteiger partial charge on any atom is 0.215 e. The van der Waals surface area contributed by atoms with Crippen LogP contribution < -0.4 is 10.9 Å². The Kier molecular flexibility index (Phi) is 284. The average molecular weight is 615 g/mol. The molecule has 0 aromatic rings. The number of azo groups is 1. The zero-order chi connectivity index (χ0) is 24.5. The second kappa shape index (κ2) is 114. The van der Waals surface area contributed by atoms with Crippen LogP contribution in [0.5, 0.6) is 0 Å². The molecule has 227 valence electrons. The fourth-order valence-electron chi connectivity index (χ4n) is 0.350. The molecule has 0 aliphatic carbocycles. The Morgan fingerprint density at radius 1 is 0.703 bits per heavy atom. The van der Waals surface area contributed by atoms with Gasteiger partial charge in [0.15, 0.2) is 0 Å². The molecule has 11 heteroatoms. The van der Waals surface area contributed by atoms with Gasteiger partial charge in [-0.3, -0.25) is 0 Å². The van der Waals surface area contributed by atoms with Crippen molar-refractivity contribution >= 4 is 6.01 Å². The van der Waals surface area contributed by atoms with Gasteiger partial charge in [0.1, 0.15) is 9.74 Å². The van der Waals surface area contributed by atoms with Gasteiger partial charge >= 0.3 is 0 Å². The van der Waals surface area contributed by atoms with Gasteiger partial charge in [-0.15, -0.1) is 32.6 Å². The molecule has 0 saturated heterocycles. The van der Waals surface area contributed by atoms with E-state index in [0.717, 1.165) is 0 Å². The van der Waals surface area contributed by atoms with Crippen LogP contribution in [0.4, 0.5) is 0 Å². The quantitative estimate of drug-likeness (QED) is 0.0635. The zero-order valence-corrected chi connectivity index (χ0v) is 23.9. The van der Waals surface area contributed by atoms with E-state index in [1.54, 1.807) is 42.3 Å². The van der Waals surface area contributed by atoms with Crippen molar-refractivity contribution in [2.24, 2.45) is 20.2 Å². The molecular formula is C26H69N8O2Y+. The summed E-state index contributed by atoms with van der Waals surface area (Å²) in [5, 5.41) is 6.72. The predicted molar refractivity (Wildman–Crippen MR) is 169 cm³/mol. The summed E-state index contributed by atoms with van der Waals surface area (Å²) < 4.78 is 0. The molecular weight excluding hydrogens is 545 g/mol. The summed E-state index contributed by atoms with van der Waals surface area (Å²) in [5.41, 5.74) is 8.66. The van der Waals surface area contributed by atoms with Crippen molar-refractivity contribution in [1.82, 2.24) is 10.9 Å². The number of rotatable bonds is 2. The first-order valence-electron chi connectivity index (χ1n) is 8.39. The van der Waals surface area contributed by atoms with Crippen LogP contribution in [-0.2, 0) is 32.7 Å². The number of nitrogens with one attached hydrogen (secondary N) is 2. The number of hydrogen-bond acceptors (Lipinski definition) is 6. The summed E-state index contributed by atoms with van der Waals surface area (Å²) in [7, 11) is 12.4. The van der Waals surface area contributed by atoms with Gasteiger partial charge in [0.25, 0.3) is 0 Å². The van der Waals surface area contributed by atoms with Gasteiger partial charge in [0.2, 0.25) is 14.1 Å². The van der Waals surface area contributed by atoms with Gasteiger partial charge in [-0.1, -0.05) is 52.0 Å². The summed E-state index contributed by atoms with van der Waals surface area (Å²) in [4.78, 5) is 27.4. The summed E-state index contributed by atoms with van der Waals surface area (Å²) in [6, 6.07) is 2.36. The fourth-order valence-corrected chi connectivity index (χ4v) is 0.350. The van der Waals surface area contributed by atoms with Crippen molar-refractivity contribution in [1.29, 1.82) is 0 Å². The molecule has 10 nitrogen and oxygen atoms in total. The molecule has 0 saturated carbocycles. The standard InChI is InChI=1S/C6H9.C4H6.C3H6N2.2C2H7N2O.C2H6N2.7CH4.Y/c1-4-5-6(2)3;1-3-4-2;1-4-3-5-2;2*1-3-4(2)5;1-3-4-2;;;;;;;;/h1-3H3;1-2H3;1-2H3;2*1-2H3,(H,3,5);1-2H3;7*1H4;/q-1;;;2*+1;;;;;;;;;. The molecule has 0 aliphatic heterocycles. The SMILES string of the molecule is C.C.C.C.C.C.C.CC#CC.CN=C=NC.CN=NC.CN[N+](C)=O.CN[N+](C)=O.C[C-]=C=C(C)C.[Y]. The van der Waals surface area contributed by atoms with E-state index in [1.807, 2.05) is 34.6 Å². The summed E-state index contributed by atoms with van der Waals surface area (Å²) >= 11 is 0. The Labute approximate surface area is 260 Å². The molecule has 0 unspecified atom stereocenters. The van der Waals surface area contributed by atoms with Gasteiger partial charge in [-0.05, 0) is 13.8 Å². The van der Waals surface area contributed by atoms with Crippen molar-refractivity contribution < 1.29 is 42.4 Å². The third kappa shape index (κ3) is 432. The van der Waals surface area contributed by atoms with E-state index in [-0.39, 0.29) is 84.7 Å². The van der Waals surface area contributed by atoms with Crippen LogP contribution in [0.25, 0.3) is 0 Å². The van der Waals surface area contributed by atoms with E-state index in [2.05, 4.69) is 60.7 Å². The number of allylic oxidation sites excluding steroid dienone is 1. The topological polar surface area (TPSA) is 114 Å². The number of nitroso groups, excluding NO2 is 2. The number of aliphatic imine (C=N–C) groups is 2. The summed E-state index contributed by atoms with van der Waals surface area (Å²) in [6.07, 6.45) is 2.78. The maximum absolute atomic E-state index is 9.62. The van der Waals surface area contributed by atoms with E-state index < -0.39 is 0 Å². The predicted octanol–water partition coefficient (Wildman–Crippen LogP) is 7.59. The molecule has 0 amide bonds. The van der Waals surface area contributed by atoms with Crippen molar-refractivity contribution in [2.45, 2.75) is 86.6 Å². The first-order valence-corrected chi connectivity index (χ1v) is 8.39. The minimum absolute atomic E-state index is 0. The van der Waals surface area contributed by atoms with Gasteiger partial charge in [-0.25, -0.2) is 16.1 Å². The smallest absolute Gasteiger partial charge is 0.215 e. The molecule has 2 N–H and O–H groups in total.